The number of benzene rings is 1. The highest BCUT2D eigenvalue weighted by atomic mass is 16.6. The average Bonchev–Trinajstić information content (AvgIpc) is 3.44. The van der Waals surface area contributed by atoms with Crippen molar-refractivity contribution in [3.05, 3.63) is 23.8 Å². The molecule has 3 fully saturated rings. The minimum atomic E-state index is 0.170. The lowest BCUT2D eigenvalue weighted by atomic mass is 9.65. The van der Waals surface area contributed by atoms with Crippen LogP contribution in [-0.2, 0) is 10.3 Å². The number of nitrogens with zero attached hydrogens (tertiary/aromatic N) is 2. The fourth-order valence-corrected chi connectivity index (χ4v) is 4.68. The van der Waals surface area contributed by atoms with Crippen LogP contribution in [0.5, 0.6) is 11.5 Å². The molecule has 2 unspecified atom stereocenters. The first-order valence-electron chi connectivity index (χ1n) is 9.77. The Morgan fingerprint density at radius 2 is 1.96 bits per heavy atom. The Kier molecular flexibility index (Phi) is 4.82. The van der Waals surface area contributed by atoms with Gasteiger partial charge in [-0.2, -0.15) is 0 Å². The molecule has 142 valence electrons. The first-order chi connectivity index (χ1) is 12.7. The molecule has 1 saturated heterocycles. The van der Waals surface area contributed by atoms with E-state index < -0.39 is 0 Å². The normalized spacial score (nSPS) is 30.3. The highest BCUT2D eigenvalue weighted by Gasteiger charge is 2.50. The molecule has 0 N–H and O–H groups in total. The van der Waals surface area contributed by atoms with E-state index in [-0.39, 0.29) is 5.41 Å². The Morgan fingerprint density at radius 1 is 1.15 bits per heavy atom. The van der Waals surface area contributed by atoms with Crippen molar-refractivity contribution in [1.29, 1.82) is 0 Å². The summed E-state index contributed by atoms with van der Waals surface area (Å²) in [6, 6.07) is 6.91. The Bertz CT molecular complexity index is 686. The van der Waals surface area contributed by atoms with Crippen LogP contribution in [0.25, 0.3) is 0 Å². The zero-order valence-corrected chi connectivity index (χ0v) is 16.2. The molecule has 0 bridgehead atoms. The van der Waals surface area contributed by atoms with E-state index in [1.54, 1.807) is 14.2 Å². The van der Waals surface area contributed by atoms with Crippen LogP contribution in [-0.4, -0.2) is 51.1 Å². The molecule has 26 heavy (non-hydrogen) atoms. The number of fused-ring (bicyclic) bond motifs is 1. The van der Waals surface area contributed by atoms with Crippen LogP contribution in [0.1, 0.15) is 44.1 Å². The van der Waals surface area contributed by atoms with Crippen LogP contribution in [0.2, 0.25) is 0 Å². The van der Waals surface area contributed by atoms with Crippen molar-refractivity contribution in [2.24, 2.45) is 11.1 Å². The summed E-state index contributed by atoms with van der Waals surface area (Å²) in [5.41, 5.74) is 2.76. The first-order valence-corrected chi connectivity index (χ1v) is 9.77. The summed E-state index contributed by atoms with van der Waals surface area (Å²) in [7, 11) is 5.63. The van der Waals surface area contributed by atoms with Gasteiger partial charge in [0.1, 0.15) is 6.61 Å². The predicted octanol–water partition coefficient (Wildman–Crippen LogP) is 3.61. The number of likely N-dealkylation sites (tertiary alicyclic amines) is 1. The van der Waals surface area contributed by atoms with Gasteiger partial charge in [0.2, 0.25) is 0 Å². The van der Waals surface area contributed by atoms with Crippen LogP contribution in [0.3, 0.4) is 0 Å². The van der Waals surface area contributed by atoms with Crippen LogP contribution < -0.4 is 9.47 Å². The highest BCUT2D eigenvalue weighted by Crippen LogP contribution is 2.49. The molecule has 1 heterocycles. The van der Waals surface area contributed by atoms with Gasteiger partial charge < -0.3 is 19.2 Å². The molecule has 0 spiro atoms. The Hall–Kier alpha value is -1.75. The number of hydrogen-bond donors (Lipinski definition) is 0. The maximum atomic E-state index is 5.62. The van der Waals surface area contributed by atoms with E-state index in [2.05, 4.69) is 29.2 Å². The molecule has 1 aromatic carbocycles. The number of oxime groups is 1. The summed E-state index contributed by atoms with van der Waals surface area (Å²) in [5.74, 6) is 2.37. The maximum Gasteiger partial charge on any atom is 0.161 e. The minimum absolute atomic E-state index is 0.170. The van der Waals surface area contributed by atoms with Gasteiger partial charge in [-0.05, 0) is 69.3 Å². The molecule has 0 aromatic heterocycles. The van der Waals surface area contributed by atoms with Crippen LogP contribution in [0.15, 0.2) is 23.4 Å². The topological polar surface area (TPSA) is 43.3 Å². The van der Waals surface area contributed by atoms with Crippen molar-refractivity contribution in [3.63, 3.8) is 0 Å². The van der Waals surface area contributed by atoms with Crippen LogP contribution in [0, 0.1) is 5.92 Å². The van der Waals surface area contributed by atoms with Crippen molar-refractivity contribution in [3.8, 4) is 11.5 Å². The fraction of sp³-hybridized carbons (Fsp3) is 0.667. The summed E-state index contributed by atoms with van der Waals surface area (Å²) in [5, 5.41) is 4.49. The molecule has 5 nitrogen and oxygen atoms in total. The number of ether oxygens (including phenoxy) is 2. The van der Waals surface area contributed by atoms with E-state index in [1.807, 2.05) is 6.07 Å². The van der Waals surface area contributed by atoms with Gasteiger partial charge in [0.25, 0.3) is 0 Å². The molecular weight excluding hydrogens is 328 g/mol. The van der Waals surface area contributed by atoms with E-state index in [1.165, 1.54) is 30.5 Å². The number of methoxy groups -OCH3 is 2. The second-order valence-electron chi connectivity index (χ2n) is 8.07. The summed E-state index contributed by atoms with van der Waals surface area (Å²) >= 11 is 0. The third-order valence-corrected chi connectivity index (χ3v) is 6.53. The minimum Gasteiger partial charge on any atom is -0.493 e. The van der Waals surface area contributed by atoms with E-state index in [4.69, 9.17) is 14.3 Å². The lowest BCUT2D eigenvalue weighted by Gasteiger charge is -2.42. The van der Waals surface area contributed by atoms with Crippen LogP contribution in [0.4, 0.5) is 0 Å². The third-order valence-electron chi connectivity index (χ3n) is 6.53. The van der Waals surface area contributed by atoms with Gasteiger partial charge in [0.15, 0.2) is 11.5 Å². The van der Waals surface area contributed by atoms with E-state index in [0.717, 1.165) is 49.8 Å². The van der Waals surface area contributed by atoms with Crippen molar-refractivity contribution in [2.75, 3.05) is 34.4 Å². The Labute approximate surface area is 156 Å². The van der Waals surface area contributed by atoms with Crippen molar-refractivity contribution < 1.29 is 14.3 Å². The molecule has 0 radical (unpaired) electrons. The monoisotopic (exact) mass is 358 g/mol. The summed E-state index contributed by atoms with van der Waals surface area (Å²) < 4.78 is 11.0. The third kappa shape index (κ3) is 3.18. The molecule has 1 aliphatic heterocycles. The van der Waals surface area contributed by atoms with Gasteiger partial charge in [-0.1, -0.05) is 11.2 Å². The van der Waals surface area contributed by atoms with E-state index >= 15 is 0 Å². The Balaban J connectivity index is 1.56. The molecule has 1 aromatic rings. The summed E-state index contributed by atoms with van der Waals surface area (Å²) in [6.07, 6.45) is 6.92. The van der Waals surface area contributed by atoms with Gasteiger partial charge in [0.05, 0.1) is 19.9 Å². The average molecular weight is 358 g/mol. The predicted molar refractivity (Wildman–Crippen MR) is 102 cm³/mol. The molecule has 2 atom stereocenters. The van der Waals surface area contributed by atoms with Crippen molar-refractivity contribution in [2.45, 2.75) is 50.0 Å². The quantitative estimate of drug-likeness (QED) is 0.729. The SMILES string of the molecule is COc1ccc(C23CC/C(=N\OCC4CC4)CC2N(C)CC3)cc1OC. The van der Waals surface area contributed by atoms with Gasteiger partial charge in [-0.3, -0.25) is 0 Å². The van der Waals surface area contributed by atoms with E-state index in [9.17, 15) is 0 Å². The molecular formula is C21H30N2O3. The molecule has 2 saturated carbocycles. The smallest absolute Gasteiger partial charge is 0.161 e. The van der Waals surface area contributed by atoms with Gasteiger partial charge in [-0.25, -0.2) is 0 Å². The van der Waals surface area contributed by atoms with Crippen molar-refractivity contribution >= 4 is 5.71 Å². The highest BCUT2D eigenvalue weighted by molar-refractivity contribution is 5.86. The molecule has 4 rings (SSSR count). The van der Waals surface area contributed by atoms with Gasteiger partial charge in [0, 0.05) is 17.9 Å². The zero-order chi connectivity index (χ0) is 18.1. The fourth-order valence-electron chi connectivity index (χ4n) is 4.68. The first kappa shape index (κ1) is 17.7. The van der Waals surface area contributed by atoms with E-state index in [0.29, 0.717) is 6.04 Å². The van der Waals surface area contributed by atoms with Gasteiger partial charge >= 0.3 is 0 Å². The van der Waals surface area contributed by atoms with Crippen molar-refractivity contribution in [1.82, 2.24) is 4.90 Å². The lowest BCUT2D eigenvalue weighted by molar-refractivity contribution is 0.129. The summed E-state index contributed by atoms with van der Waals surface area (Å²) in [6.45, 7) is 1.92. The molecule has 2 aliphatic carbocycles. The molecule has 5 heteroatoms. The maximum absolute atomic E-state index is 5.62. The second-order valence-corrected chi connectivity index (χ2v) is 8.07. The standard InChI is InChI=1S/C21H30N2O3/c1-23-11-10-21(16-6-7-18(24-2)19(12-16)25-3)9-8-17(13-20(21)23)22-26-14-15-4-5-15/h6-7,12,15,20H,4-5,8-11,13-14H2,1-3H3/b22-17+. The van der Waals surface area contributed by atoms with Gasteiger partial charge in [-0.15, -0.1) is 0 Å². The number of hydrogen-bond acceptors (Lipinski definition) is 5. The summed E-state index contributed by atoms with van der Waals surface area (Å²) in [4.78, 5) is 8.11. The zero-order valence-electron chi connectivity index (χ0n) is 16.2. The van der Waals surface area contributed by atoms with Crippen LogP contribution >= 0.6 is 0 Å². The molecule has 0 amide bonds. The second kappa shape index (κ2) is 7.10. The Morgan fingerprint density at radius 3 is 2.69 bits per heavy atom. The lowest BCUT2D eigenvalue weighted by Crippen LogP contribution is -2.46. The number of rotatable bonds is 6. The largest absolute Gasteiger partial charge is 0.493 e. The molecule has 3 aliphatic rings. The number of likely N-dealkylation sites (N-methyl/N-ethyl adjacent to an activating group) is 1.